The predicted octanol–water partition coefficient (Wildman–Crippen LogP) is 3.58. The summed E-state index contributed by atoms with van der Waals surface area (Å²) < 4.78 is 22.5. The van der Waals surface area contributed by atoms with Gasteiger partial charge in [-0.2, -0.15) is 0 Å². The fourth-order valence-electron chi connectivity index (χ4n) is 5.82. The van der Waals surface area contributed by atoms with Gasteiger partial charge >= 0.3 is 0 Å². The minimum Gasteiger partial charge on any atom is -0.381 e. The molecule has 2 saturated heterocycles. The summed E-state index contributed by atoms with van der Waals surface area (Å²) in [7, 11) is 4.89. The minimum absolute atomic E-state index is 0.0193. The maximum absolute atomic E-state index is 12.3. The molecule has 0 radical (unpaired) electrons. The first-order chi connectivity index (χ1) is 20.4. The van der Waals surface area contributed by atoms with E-state index in [9.17, 15) is 4.79 Å². The Labute approximate surface area is 252 Å². The molecule has 2 aliphatic rings. The number of carbonyl (C=O) groups excluding carboxylic acids is 1. The van der Waals surface area contributed by atoms with Gasteiger partial charge in [-0.3, -0.25) is 4.79 Å². The minimum atomic E-state index is -0.414. The van der Waals surface area contributed by atoms with Crippen molar-refractivity contribution in [3.63, 3.8) is 0 Å². The number of nitrogens with zero attached hydrogens (tertiary/aromatic N) is 4. The topological polar surface area (TPSA) is 76.6 Å². The second-order valence-electron chi connectivity index (χ2n) is 11.5. The Hall–Kier alpha value is -2.56. The summed E-state index contributed by atoms with van der Waals surface area (Å²) in [6.07, 6.45) is 6.90. The molecule has 9 nitrogen and oxygen atoms in total. The number of likely N-dealkylation sites (N-methyl/N-ethyl adjacent to an activating group) is 1. The Morgan fingerprint density at radius 1 is 1.05 bits per heavy atom. The molecule has 1 amide bonds. The van der Waals surface area contributed by atoms with E-state index in [1.54, 1.807) is 26.2 Å². The van der Waals surface area contributed by atoms with Crippen LogP contribution in [0.2, 0.25) is 0 Å². The van der Waals surface area contributed by atoms with E-state index < -0.39 is 6.29 Å². The van der Waals surface area contributed by atoms with Gasteiger partial charge in [-0.25, -0.2) is 4.98 Å². The molecule has 2 fully saturated rings. The molecule has 9 heteroatoms. The number of aromatic nitrogens is 1. The van der Waals surface area contributed by atoms with Crippen molar-refractivity contribution >= 4 is 11.7 Å². The Morgan fingerprint density at radius 2 is 1.81 bits per heavy atom. The lowest BCUT2D eigenvalue weighted by Crippen LogP contribution is -2.57. The van der Waals surface area contributed by atoms with Crippen LogP contribution in [0, 0.1) is 0 Å². The highest BCUT2D eigenvalue weighted by atomic mass is 16.7. The van der Waals surface area contributed by atoms with Gasteiger partial charge < -0.3 is 33.6 Å². The number of aryl methyl sites for hydroxylation is 1. The van der Waals surface area contributed by atoms with Crippen molar-refractivity contribution in [1.29, 1.82) is 0 Å². The van der Waals surface area contributed by atoms with E-state index in [2.05, 4.69) is 58.1 Å². The third kappa shape index (κ3) is 9.47. The molecular formula is C33H50N4O5. The van der Waals surface area contributed by atoms with Crippen LogP contribution >= 0.6 is 0 Å². The SMILES string of the molecule is CCc1ccnc(N2CCOC3(CCN(CCc4cccc(CCOCCC(=O)N(C)CC(OC)OC)c4)CC3)C2)c1. The number of likely N-dealkylation sites (tertiary alicyclic amines) is 1. The van der Waals surface area contributed by atoms with E-state index in [1.165, 1.54) is 16.7 Å². The lowest BCUT2D eigenvalue weighted by molar-refractivity contribution is -0.143. The van der Waals surface area contributed by atoms with Gasteiger partial charge in [-0.05, 0) is 60.9 Å². The lowest BCUT2D eigenvalue weighted by Gasteiger charge is -2.47. The second-order valence-corrected chi connectivity index (χ2v) is 11.5. The van der Waals surface area contributed by atoms with Crippen molar-refractivity contribution < 1.29 is 23.7 Å². The molecule has 0 unspecified atom stereocenters. The number of anilines is 1. The highest BCUT2D eigenvalue weighted by Crippen LogP contribution is 2.32. The Bertz CT molecular complexity index is 1100. The Kier molecular flexibility index (Phi) is 12.6. The maximum Gasteiger partial charge on any atom is 0.224 e. The van der Waals surface area contributed by atoms with Gasteiger partial charge in [-0.1, -0.05) is 31.2 Å². The normalized spacial score (nSPS) is 17.2. The van der Waals surface area contributed by atoms with E-state index in [4.69, 9.17) is 18.9 Å². The van der Waals surface area contributed by atoms with Crippen LogP contribution in [0.15, 0.2) is 42.6 Å². The Morgan fingerprint density at radius 3 is 2.55 bits per heavy atom. The number of amides is 1. The summed E-state index contributed by atoms with van der Waals surface area (Å²) in [6.45, 7) is 9.39. The van der Waals surface area contributed by atoms with Crippen LogP contribution in [0.3, 0.4) is 0 Å². The summed E-state index contributed by atoms with van der Waals surface area (Å²) in [5.74, 6) is 1.11. The van der Waals surface area contributed by atoms with Crippen molar-refractivity contribution in [1.82, 2.24) is 14.8 Å². The van der Waals surface area contributed by atoms with Gasteiger partial charge in [0.15, 0.2) is 6.29 Å². The summed E-state index contributed by atoms with van der Waals surface area (Å²) >= 11 is 0. The highest BCUT2D eigenvalue weighted by molar-refractivity contribution is 5.75. The first-order valence-corrected chi connectivity index (χ1v) is 15.4. The number of carbonyl (C=O) groups is 1. The van der Waals surface area contributed by atoms with Gasteiger partial charge in [0.25, 0.3) is 0 Å². The van der Waals surface area contributed by atoms with Crippen LogP contribution in [-0.4, -0.2) is 113 Å². The summed E-state index contributed by atoms with van der Waals surface area (Å²) in [5, 5.41) is 0. The van der Waals surface area contributed by atoms with Gasteiger partial charge in [0, 0.05) is 60.2 Å². The number of benzene rings is 1. The molecule has 1 aromatic carbocycles. The molecule has 0 atom stereocenters. The molecule has 232 valence electrons. The molecule has 0 aliphatic carbocycles. The fourth-order valence-corrected chi connectivity index (χ4v) is 5.82. The molecule has 0 bridgehead atoms. The number of pyridine rings is 1. The molecule has 3 heterocycles. The van der Waals surface area contributed by atoms with Crippen LogP contribution in [-0.2, 0) is 43.0 Å². The van der Waals surface area contributed by atoms with E-state index in [0.29, 0.717) is 26.2 Å². The summed E-state index contributed by atoms with van der Waals surface area (Å²) in [5.41, 5.74) is 3.90. The molecule has 42 heavy (non-hydrogen) atoms. The van der Waals surface area contributed by atoms with Crippen LogP contribution in [0.4, 0.5) is 5.82 Å². The largest absolute Gasteiger partial charge is 0.381 e. The van der Waals surface area contributed by atoms with Gasteiger partial charge in [-0.15, -0.1) is 0 Å². The number of rotatable bonds is 15. The Balaban J connectivity index is 1.14. The summed E-state index contributed by atoms with van der Waals surface area (Å²) in [4.78, 5) is 23.6. The molecule has 0 saturated carbocycles. The quantitative estimate of drug-likeness (QED) is 0.233. The first-order valence-electron chi connectivity index (χ1n) is 15.4. The zero-order chi connectivity index (χ0) is 29.8. The number of hydrogen-bond donors (Lipinski definition) is 0. The van der Waals surface area contributed by atoms with Crippen LogP contribution in [0.1, 0.15) is 42.9 Å². The summed E-state index contributed by atoms with van der Waals surface area (Å²) in [6, 6.07) is 13.2. The van der Waals surface area contributed by atoms with Crippen LogP contribution < -0.4 is 4.90 Å². The van der Waals surface area contributed by atoms with E-state index >= 15 is 0 Å². The number of methoxy groups -OCH3 is 2. The van der Waals surface area contributed by atoms with Gasteiger partial charge in [0.2, 0.25) is 5.91 Å². The van der Waals surface area contributed by atoms with Crippen molar-refractivity contribution in [2.75, 3.05) is 85.3 Å². The van der Waals surface area contributed by atoms with E-state index in [-0.39, 0.29) is 11.5 Å². The van der Waals surface area contributed by atoms with Gasteiger partial charge in [0.05, 0.1) is 38.4 Å². The average Bonchev–Trinajstić information content (AvgIpc) is 3.03. The number of morpholine rings is 1. The van der Waals surface area contributed by atoms with E-state index in [1.807, 2.05) is 6.20 Å². The van der Waals surface area contributed by atoms with Crippen molar-refractivity contribution in [3.05, 3.63) is 59.3 Å². The molecule has 1 aromatic heterocycles. The van der Waals surface area contributed by atoms with E-state index in [0.717, 1.165) is 77.3 Å². The maximum atomic E-state index is 12.3. The molecule has 4 rings (SSSR count). The standard InChI is InChI=1S/C33H50N4O5/c1-5-27-9-15-34-30(24-27)37-19-22-42-33(26-37)13-17-36(18-14-33)16-10-28-7-6-8-29(23-28)11-20-41-21-12-31(38)35(2)25-32(39-3)40-4/h6-9,15,23-24,32H,5,10-14,16-22,25-26H2,1-4H3. The van der Waals surface area contributed by atoms with Crippen molar-refractivity contribution in [3.8, 4) is 0 Å². The van der Waals surface area contributed by atoms with Gasteiger partial charge in [0.1, 0.15) is 5.82 Å². The molecular weight excluding hydrogens is 532 g/mol. The fraction of sp³-hybridized carbons (Fsp3) is 0.636. The third-order valence-electron chi connectivity index (χ3n) is 8.64. The molecule has 0 N–H and O–H groups in total. The molecule has 1 spiro atoms. The second kappa shape index (κ2) is 16.3. The smallest absolute Gasteiger partial charge is 0.224 e. The van der Waals surface area contributed by atoms with Crippen LogP contribution in [0.25, 0.3) is 0 Å². The van der Waals surface area contributed by atoms with Crippen molar-refractivity contribution in [2.45, 2.75) is 57.3 Å². The average molecular weight is 583 g/mol. The predicted molar refractivity (Wildman–Crippen MR) is 165 cm³/mol. The lowest BCUT2D eigenvalue weighted by atomic mass is 9.89. The zero-order valence-electron chi connectivity index (χ0n) is 26.1. The first kappa shape index (κ1) is 32.4. The number of hydrogen-bond acceptors (Lipinski definition) is 8. The number of piperidine rings is 1. The third-order valence-corrected chi connectivity index (χ3v) is 8.64. The zero-order valence-corrected chi connectivity index (χ0v) is 26.1. The number of ether oxygens (including phenoxy) is 4. The van der Waals surface area contributed by atoms with Crippen molar-refractivity contribution in [2.24, 2.45) is 0 Å². The monoisotopic (exact) mass is 582 g/mol. The highest BCUT2D eigenvalue weighted by Gasteiger charge is 2.40. The molecule has 2 aromatic rings. The van der Waals surface area contributed by atoms with Crippen LogP contribution in [0.5, 0.6) is 0 Å². The molecule has 2 aliphatic heterocycles.